The molecule has 0 aliphatic carbocycles. The van der Waals surface area contributed by atoms with Gasteiger partial charge < -0.3 is 10.1 Å². The highest BCUT2D eigenvalue weighted by Gasteiger charge is 2.03. The predicted molar refractivity (Wildman–Crippen MR) is 83.9 cm³/mol. The van der Waals surface area contributed by atoms with E-state index in [1.165, 1.54) is 0 Å². The third-order valence-corrected chi connectivity index (χ3v) is 3.24. The maximum absolute atomic E-state index is 11.6. The number of halogens is 1. The normalized spacial score (nSPS) is 9.95. The quantitative estimate of drug-likeness (QED) is 0.650. The maximum atomic E-state index is 11.6. The SMILES string of the molecule is O=C(CNc1ccc(I)cc1)OCc1ccccc1. The van der Waals surface area contributed by atoms with Crippen molar-refractivity contribution >= 4 is 34.2 Å². The number of nitrogens with one attached hydrogen (secondary N) is 1. The summed E-state index contributed by atoms with van der Waals surface area (Å²) in [7, 11) is 0. The number of anilines is 1. The molecule has 98 valence electrons. The average molecular weight is 367 g/mol. The first kappa shape index (κ1) is 13.9. The van der Waals surface area contributed by atoms with Crippen molar-refractivity contribution in [1.29, 1.82) is 0 Å². The summed E-state index contributed by atoms with van der Waals surface area (Å²) in [5.74, 6) is -0.262. The summed E-state index contributed by atoms with van der Waals surface area (Å²) in [6.07, 6.45) is 0. The molecule has 0 aromatic heterocycles. The Morgan fingerprint density at radius 3 is 2.42 bits per heavy atom. The topological polar surface area (TPSA) is 38.3 Å². The molecule has 0 unspecified atom stereocenters. The first-order chi connectivity index (χ1) is 9.24. The van der Waals surface area contributed by atoms with E-state index < -0.39 is 0 Å². The van der Waals surface area contributed by atoms with Crippen molar-refractivity contribution in [2.24, 2.45) is 0 Å². The molecule has 0 amide bonds. The number of hydrogen-bond acceptors (Lipinski definition) is 3. The average Bonchev–Trinajstić information content (AvgIpc) is 2.45. The summed E-state index contributed by atoms with van der Waals surface area (Å²) in [5.41, 5.74) is 1.90. The van der Waals surface area contributed by atoms with E-state index in [1.807, 2.05) is 54.6 Å². The van der Waals surface area contributed by atoms with Crippen LogP contribution in [-0.4, -0.2) is 12.5 Å². The molecule has 1 N–H and O–H groups in total. The highest BCUT2D eigenvalue weighted by Crippen LogP contribution is 2.10. The van der Waals surface area contributed by atoms with Crippen LogP contribution < -0.4 is 5.32 Å². The number of carbonyl (C=O) groups excluding carboxylic acids is 1. The minimum atomic E-state index is -0.262. The predicted octanol–water partition coefficient (Wildman–Crippen LogP) is 3.45. The van der Waals surface area contributed by atoms with Gasteiger partial charge in [-0.3, -0.25) is 4.79 Å². The van der Waals surface area contributed by atoms with Crippen LogP contribution >= 0.6 is 22.6 Å². The van der Waals surface area contributed by atoms with Crippen molar-refractivity contribution in [2.75, 3.05) is 11.9 Å². The molecule has 0 aliphatic rings. The molecule has 4 heteroatoms. The fraction of sp³-hybridized carbons (Fsp3) is 0.133. The molecule has 0 atom stereocenters. The van der Waals surface area contributed by atoms with Gasteiger partial charge in [0.05, 0.1) is 0 Å². The summed E-state index contributed by atoms with van der Waals surface area (Å²) < 4.78 is 6.33. The van der Waals surface area contributed by atoms with Gasteiger partial charge in [0.1, 0.15) is 13.2 Å². The molecular weight excluding hydrogens is 353 g/mol. The summed E-state index contributed by atoms with van der Waals surface area (Å²) in [6.45, 7) is 0.488. The van der Waals surface area contributed by atoms with Crippen molar-refractivity contribution in [3.05, 3.63) is 63.7 Å². The Morgan fingerprint density at radius 2 is 1.74 bits per heavy atom. The first-order valence-corrected chi connectivity index (χ1v) is 7.01. The highest BCUT2D eigenvalue weighted by molar-refractivity contribution is 14.1. The van der Waals surface area contributed by atoms with Gasteiger partial charge in [0.15, 0.2) is 0 Å². The lowest BCUT2D eigenvalue weighted by atomic mass is 10.2. The van der Waals surface area contributed by atoms with Gasteiger partial charge in [-0.05, 0) is 52.4 Å². The second-order valence-electron chi connectivity index (χ2n) is 4.01. The third-order valence-electron chi connectivity index (χ3n) is 2.52. The zero-order valence-corrected chi connectivity index (χ0v) is 12.5. The Kier molecular flexibility index (Phi) is 5.20. The molecule has 0 heterocycles. The van der Waals surface area contributed by atoms with Gasteiger partial charge in [-0.25, -0.2) is 0 Å². The lowest BCUT2D eigenvalue weighted by Gasteiger charge is -2.07. The van der Waals surface area contributed by atoms with Gasteiger partial charge in [-0.15, -0.1) is 0 Å². The van der Waals surface area contributed by atoms with Gasteiger partial charge in [-0.1, -0.05) is 30.3 Å². The lowest BCUT2D eigenvalue weighted by Crippen LogP contribution is -2.16. The summed E-state index contributed by atoms with van der Waals surface area (Å²) >= 11 is 2.24. The molecule has 0 aliphatic heterocycles. The van der Waals surface area contributed by atoms with Crippen LogP contribution in [-0.2, 0) is 16.1 Å². The van der Waals surface area contributed by atoms with Crippen molar-refractivity contribution < 1.29 is 9.53 Å². The Hall–Kier alpha value is -1.56. The number of carbonyl (C=O) groups is 1. The molecule has 2 aromatic carbocycles. The fourth-order valence-corrected chi connectivity index (χ4v) is 1.89. The highest BCUT2D eigenvalue weighted by atomic mass is 127. The first-order valence-electron chi connectivity index (χ1n) is 5.93. The Labute approximate surface area is 126 Å². The lowest BCUT2D eigenvalue weighted by molar-refractivity contribution is -0.142. The zero-order chi connectivity index (χ0) is 13.5. The van der Waals surface area contributed by atoms with Gasteiger partial charge in [0.2, 0.25) is 0 Å². The summed E-state index contributed by atoms with van der Waals surface area (Å²) in [5, 5.41) is 3.03. The molecule has 0 fully saturated rings. The zero-order valence-electron chi connectivity index (χ0n) is 10.3. The standard InChI is InChI=1S/C15H14INO2/c16-13-6-8-14(9-7-13)17-10-15(18)19-11-12-4-2-1-3-5-12/h1-9,17H,10-11H2. The molecule has 2 rings (SSSR count). The molecule has 2 aromatic rings. The summed E-state index contributed by atoms with van der Waals surface area (Å²) in [4.78, 5) is 11.6. The van der Waals surface area contributed by atoms with Crippen molar-refractivity contribution in [3.8, 4) is 0 Å². The smallest absolute Gasteiger partial charge is 0.325 e. The minimum absolute atomic E-state index is 0.174. The second-order valence-corrected chi connectivity index (χ2v) is 5.25. The largest absolute Gasteiger partial charge is 0.460 e. The molecule has 3 nitrogen and oxygen atoms in total. The minimum Gasteiger partial charge on any atom is -0.460 e. The number of hydrogen-bond donors (Lipinski definition) is 1. The van der Waals surface area contributed by atoms with E-state index in [0.29, 0.717) is 6.61 Å². The molecule has 0 saturated heterocycles. The van der Waals surface area contributed by atoms with Gasteiger partial charge in [0, 0.05) is 9.26 Å². The fourth-order valence-electron chi connectivity index (χ4n) is 1.53. The molecule has 0 radical (unpaired) electrons. The van der Waals surface area contributed by atoms with Crippen LogP contribution in [0.4, 0.5) is 5.69 Å². The maximum Gasteiger partial charge on any atom is 0.325 e. The number of ether oxygens (including phenoxy) is 1. The van der Waals surface area contributed by atoms with Crippen molar-refractivity contribution in [1.82, 2.24) is 0 Å². The van der Waals surface area contributed by atoms with Crippen LogP contribution in [0, 0.1) is 3.57 Å². The van der Waals surface area contributed by atoms with Crippen LogP contribution in [0.1, 0.15) is 5.56 Å². The van der Waals surface area contributed by atoms with E-state index in [-0.39, 0.29) is 12.5 Å². The van der Waals surface area contributed by atoms with Crippen LogP contribution in [0.5, 0.6) is 0 Å². The van der Waals surface area contributed by atoms with E-state index in [0.717, 1.165) is 14.8 Å². The van der Waals surface area contributed by atoms with Crippen molar-refractivity contribution in [3.63, 3.8) is 0 Å². The molecular formula is C15H14INO2. The molecule has 0 bridgehead atoms. The van der Waals surface area contributed by atoms with Crippen LogP contribution in [0.15, 0.2) is 54.6 Å². The van der Waals surface area contributed by atoms with Crippen LogP contribution in [0.3, 0.4) is 0 Å². The Balaban J connectivity index is 1.74. The van der Waals surface area contributed by atoms with Gasteiger partial charge in [0.25, 0.3) is 0 Å². The Bertz CT molecular complexity index is 526. The van der Waals surface area contributed by atoms with Gasteiger partial charge >= 0.3 is 5.97 Å². The van der Waals surface area contributed by atoms with E-state index >= 15 is 0 Å². The molecule has 0 saturated carbocycles. The molecule has 19 heavy (non-hydrogen) atoms. The van der Waals surface area contributed by atoms with E-state index in [2.05, 4.69) is 27.9 Å². The monoisotopic (exact) mass is 367 g/mol. The molecule has 0 spiro atoms. The van der Waals surface area contributed by atoms with Gasteiger partial charge in [-0.2, -0.15) is 0 Å². The van der Waals surface area contributed by atoms with Crippen LogP contribution in [0.25, 0.3) is 0 Å². The van der Waals surface area contributed by atoms with E-state index in [9.17, 15) is 4.79 Å². The number of benzene rings is 2. The van der Waals surface area contributed by atoms with E-state index in [1.54, 1.807) is 0 Å². The van der Waals surface area contributed by atoms with Crippen LogP contribution in [0.2, 0.25) is 0 Å². The second kappa shape index (κ2) is 7.13. The van der Waals surface area contributed by atoms with E-state index in [4.69, 9.17) is 4.74 Å². The number of esters is 1. The number of rotatable bonds is 5. The Morgan fingerprint density at radius 1 is 1.05 bits per heavy atom. The van der Waals surface area contributed by atoms with Crippen molar-refractivity contribution in [2.45, 2.75) is 6.61 Å². The third kappa shape index (κ3) is 4.90. The summed E-state index contributed by atoms with van der Waals surface area (Å²) in [6, 6.07) is 17.5.